The largest absolute Gasteiger partial charge is 0.471 e. The molecule has 7 heavy (non-hydrogen) atoms. The van der Waals surface area contributed by atoms with Crippen molar-refractivity contribution in [2.24, 2.45) is 0 Å². The van der Waals surface area contributed by atoms with E-state index in [4.69, 9.17) is 0 Å². The second-order valence-electron chi connectivity index (χ2n) is 1.50. The minimum atomic E-state index is -0.411. The van der Waals surface area contributed by atoms with Gasteiger partial charge in [-0.2, -0.15) is 4.39 Å². The predicted octanol–water partition coefficient (Wildman–Crippen LogP) is 1.61. The van der Waals surface area contributed by atoms with Crippen LogP contribution in [0.4, 0.5) is 4.39 Å². The van der Waals surface area contributed by atoms with Crippen LogP contribution in [0.1, 0.15) is 12.8 Å². The maximum Gasteiger partial charge on any atom is 0.268 e. The topological polar surface area (TPSA) is 9.23 Å². The zero-order valence-electron chi connectivity index (χ0n) is 3.98. The van der Waals surface area contributed by atoms with Gasteiger partial charge in [0.1, 0.15) is 0 Å². The van der Waals surface area contributed by atoms with E-state index in [1.165, 1.54) is 6.08 Å². The Morgan fingerprint density at radius 3 is 2.86 bits per heavy atom. The van der Waals surface area contributed by atoms with Crippen molar-refractivity contribution in [3.8, 4) is 0 Å². The zero-order chi connectivity index (χ0) is 5.11. The number of rotatable bonds is 0. The second-order valence-corrected chi connectivity index (χ2v) is 1.50. The molecule has 0 N–H and O–H groups in total. The standard InChI is InChI=1S/C5H7FO/c6-5-3-1-2-4-7-5/h3H,1-2,4H2. The number of hydrogen-bond acceptors (Lipinski definition) is 1. The van der Waals surface area contributed by atoms with E-state index >= 15 is 0 Å². The molecule has 1 aliphatic rings. The van der Waals surface area contributed by atoms with E-state index < -0.39 is 6.01 Å². The fourth-order valence-corrected chi connectivity index (χ4v) is 0.527. The third-order valence-corrected chi connectivity index (χ3v) is 0.893. The van der Waals surface area contributed by atoms with Gasteiger partial charge in [-0.3, -0.25) is 0 Å². The average molecular weight is 102 g/mol. The monoisotopic (exact) mass is 102 g/mol. The lowest BCUT2D eigenvalue weighted by Gasteiger charge is -2.05. The van der Waals surface area contributed by atoms with Crippen molar-refractivity contribution < 1.29 is 9.13 Å². The van der Waals surface area contributed by atoms with Crippen LogP contribution in [-0.2, 0) is 4.74 Å². The molecule has 0 saturated heterocycles. The minimum Gasteiger partial charge on any atom is -0.471 e. The fraction of sp³-hybridized carbons (Fsp3) is 0.600. The minimum absolute atomic E-state index is 0.411. The molecule has 0 radical (unpaired) electrons. The molecular weight excluding hydrogens is 95.1 g/mol. The van der Waals surface area contributed by atoms with E-state index in [0.29, 0.717) is 6.61 Å². The predicted molar refractivity (Wildman–Crippen MR) is 24.4 cm³/mol. The first-order chi connectivity index (χ1) is 3.39. The SMILES string of the molecule is FC1=CCCCO1. The molecule has 0 saturated carbocycles. The Balaban J connectivity index is 2.40. The van der Waals surface area contributed by atoms with Crippen molar-refractivity contribution in [3.05, 3.63) is 12.1 Å². The van der Waals surface area contributed by atoms with E-state index in [1.54, 1.807) is 0 Å². The van der Waals surface area contributed by atoms with Crippen molar-refractivity contribution >= 4 is 0 Å². The molecule has 0 unspecified atom stereocenters. The van der Waals surface area contributed by atoms with E-state index in [1.807, 2.05) is 0 Å². The van der Waals surface area contributed by atoms with E-state index in [9.17, 15) is 4.39 Å². The van der Waals surface area contributed by atoms with Crippen LogP contribution in [0.25, 0.3) is 0 Å². The quantitative estimate of drug-likeness (QED) is 0.451. The summed E-state index contributed by atoms with van der Waals surface area (Å²) in [5.74, 6) is 0. The van der Waals surface area contributed by atoms with Crippen molar-refractivity contribution in [2.75, 3.05) is 6.61 Å². The highest BCUT2D eigenvalue weighted by Gasteiger charge is 1.99. The lowest BCUT2D eigenvalue weighted by atomic mass is 10.3. The highest BCUT2D eigenvalue weighted by atomic mass is 19.1. The van der Waals surface area contributed by atoms with E-state index in [0.717, 1.165) is 12.8 Å². The van der Waals surface area contributed by atoms with Gasteiger partial charge < -0.3 is 4.74 Å². The Morgan fingerprint density at radius 1 is 1.71 bits per heavy atom. The van der Waals surface area contributed by atoms with Gasteiger partial charge in [-0.05, 0) is 18.9 Å². The van der Waals surface area contributed by atoms with Gasteiger partial charge in [0.15, 0.2) is 0 Å². The maximum absolute atomic E-state index is 11.8. The molecule has 0 spiro atoms. The molecule has 0 aromatic carbocycles. The zero-order valence-corrected chi connectivity index (χ0v) is 3.98. The molecule has 0 fully saturated rings. The molecule has 0 bridgehead atoms. The molecule has 0 aliphatic carbocycles. The fourth-order valence-electron chi connectivity index (χ4n) is 0.527. The molecule has 1 nitrogen and oxygen atoms in total. The number of hydrogen-bond donors (Lipinski definition) is 0. The Bertz CT molecular complexity index is 88.1. The highest BCUT2D eigenvalue weighted by molar-refractivity contribution is 4.84. The van der Waals surface area contributed by atoms with Gasteiger partial charge in [-0.15, -0.1) is 0 Å². The molecule has 1 aliphatic heterocycles. The summed E-state index contributed by atoms with van der Waals surface area (Å²) in [5, 5.41) is 0. The normalized spacial score (nSPS) is 20.4. The Kier molecular flexibility index (Phi) is 1.29. The molecule has 0 amide bonds. The smallest absolute Gasteiger partial charge is 0.268 e. The first kappa shape index (κ1) is 4.62. The second kappa shape index (κ2) is 1.96. The van der Waals surface area contributed by atoms with Gasteiger partial charge in [-0.1, -0.05) is 0 Å². The van der Waals surface area contributed by atoms with Crippen LogP contribution < -0.4 is 0 Å². The molecule has 0 aromatic heterocycles. The summed E-state index contributed by atoms with van der Waals surface area (Å²) in [4.78, 5) is 0. The van der Waals surface area contributed by atoms with Crippen LogP contribution in [0.2, 0.25) is 0 Å². The van der Waals surface area contributed by atoms with Crippen LogP contribution in [0, 0.1) is 0 Å². The molecule has 0 atom stereocenters. The van der Waals surface area contributed by atoms with Gasteiger partial charge in [0.05, 0.1) is 6.61 Å². The summed E-state index contributed by atoms with van der Waals surface area (Å²) >= 11 is 0. The van der Waals surface area contributed by atoms with Crippen molar-refractivity contribution in [1.29, 1.82) is 0 Å². The summed E-state index contributed by atoms with van der Waals surface area (Å²) < 4.78 is 16.3. The third-order valence-electron chi connectivity index (χ3n) is 0.893. The lowest BCUT2D eigenvalue weighted by molar-refractivity contribution is 0.129. The van der Waals surface area contributed by atoms with Crippen molar-refractivity contribution in [1.82, 2.24) is 0 Å². The van der Waals surface area contributed by atoms with Crippen molar-refractivity contribution in [3.63, 3.8) is 0 Å². The maximum atomic E-state index is 11.8. The van der Waals surface area contributed by atoms with Crippen LogP contribution in [0.5, 0.6) is 0 Å². The van der Waals surface area contributed by atoms with Crippen LogP contribution >= 0.6 is 0 Å². The van der Waals surface area contributed by atoms with Gasteiger partial charge in [0.2, 0.25) is 0 Å². The van der Waals surface area contributed by atoms with Crippen LogP contribution in [0.15, 0.2) is 12.1 Å². The van der Waals surface area contributed by atoms with E-state index in [-0.39, 0.29) is 0 Å². The lowest BCUT2D eigenvalue weighted by Crippen LogP contribution is -1.95. The first-order valence-corrected chi connectivity index (χ1v) is 2.38. The Labute approximate surface area is 41.8 Å². The Morgan fingerprint density at radius 2 is 2.57 bits per heavy atom. The molecule has 1 rings (SSSR count). The van der Waals surface area contributed by atoms with Crippen molar-refractivity contribution in [2.45, 2.75) is 12.8 Å². The number of ether oxygens (including phenoxy) is 1. The summed E-state index contributed by atoms with van der Waals surface area (Å²) in [7, 11) is 0. The summed E-state index contributed by atoms with van der Waals surface area (Å²) in [6.45, 7) is 0.544. The summed E-state index contributed by atoms with van der Waals surface area (Å²) in [6.07, 6.45) is 3.24. The summed E-state index contributed by atoms with van der Waals surface area (Å²) in [5.41, 5.74) is 0. The van der Waals surface area contributed by atoms with Crippen LogP contribution in [0.3, 0.4) is 0 Å². The Hall–Kier alpha value is -0.530. The summed E-state index contributed by atoms with van der Waals surface area (Å²) in [6, 6.07) is -0.411. The molecule has 1 heterocycles. The van der Waals surface area contributed by atoms with E-state index in [2.05, 4.69) is 4.74 Å². The van der Waals surface area contributed by atoms with Gasteiger partial charge in [-0.25, -0.2) is 0 Å². The van der Waals surface area contributed by atoms with Gasteiger partial charge in [0.25, 0.3) is 6.01 Å². The third kappa shape index (κ3) is 1.18. The van der Waals surface area contributed by atoms with Crippen LogP contribution in [-0.4, -0.2) is 6.61 Å². The van der Waals surface area contributed by atoms with Gasteiger partial charge in [0, 0.05) is 0 Å². The number of halogens is 1. The average Bonchev–Trinajstić information content (AvgIpc) is 1.69. The molecular formula is C5H7FO. The molecule has 0 aromatic rings. The highest BCUT2D eigenvalue weighted by Crippen LogP contribution is 2.09. The van der Waals surface area contributed by atoms with Gasteiger partial charge >= 0.3 is 0 Å². The number of allylic oxidation sites excluding steroid dienone is 1. The first-order valence-electron chi connectivity index (χ1n) is 2.38. The molecule has 2 heteroatoms. The molecule has 40 valence electrons.